The van der Waals surface area contributed by atoms with Crippen molar-refractivity contribution in [2.75, 3.05) is 6.61 Å². The molecule has 0 unspecified atom stereocenters. The first kappa shape index (κ1) is 23.2. The van der Waals surface area contributed by atoms with E-state index in [4.69, 9.17) is 16.3 Å². The van der Waals surface area contributed by atoms with Gasteiger partial charge in [-0.25, -0.2) is 9.59 Å². The van der Waals surface area contributed by atoms with E-state index in [-0.39, 0.29) is 5.56 Å². The fraction of sp³-hybridized carbons (Fsp3) is 0.190. The first-order valence-electron chi connectivity index (χ1n) is 9.32. The molecule has 1 aromatic carbocycles. The fourth-order valence-corrected chi connectivity index (χ4v) is 3.69. The Bertz CT molecular complexity index is 1380. The third-order valence-corrected chi connectivity index (χ3v) is 5.55. The summed E-state index contributed by atoms with van der Waals surface area (Å²) in [5.41, 5.74) is -0.0318. The second-order valence-corrected chi connectivity index (χ2v) is 7.97. The van der Waals surface area contributed by atoms with Gasteiger partial charge in [0.2, 0.25) is 0 Å². The lowest BCUT2D eigenvalue weighted by Gasteiger charge is -2.05. The summed E-state index contributed by atoms with van der Waals surface area (Å²) < 4.78 is 8.81. The minimum atomic E-state index is -0.820. The third-order valence-electron chi connectivity index (χ3n) is 4.39. The molecule has 32 heavy (non-hydrogen) atoms. The number of aromatic nitrogens is 3. The van der Waals surface area contributed by atoms with Crippen molar-refractivity contribution in [1.82, 2.24) is 13.7 Å². The smallest absolute Gasteiger partial charge is 0.331 e. The maximum atomic E-state index is 12.1. The van der Waals surface area contributed by atoms with E-state index in [0.717, 1.165) is 16.2 Å². The third kappa shape index (κ3) is 5.59. The predicted octanol–water partition coefficient (Wildman–Crippen LogP) is 1.33. The lowest BCUT2D eigenvalue weighted by Crippen LogP contribution is -2.37. The van der Waals surface area contributed by atoms with Crippen molar-refractivity contribution < 1.29 is 14.3 Å². The van der Waals surface area contributed by atoms with Gasteiger partial charge in [-0.1, -0.05) is 29.8 Å². The number of amides is 1. The molecule has 0 aliphatic carbocycles. The summed E-state index contributed by atoms with van der Waals surface area (Å²) in [6.07, 6.45) is 5.33. The maximum Gasteiger partial charge on any atom is 0.331 e. The average molecular weight is 475 g/mol. The Balaban J connectivity index is 1.64. The molecule has 2 heterocycles. The van der Waals surface area contributed by atoms with E-state index in [1.165, 1.54) is 42.3 Å². The molecule has 0 fully saturated rings. The maximum absolute atomic E-state index is 12.1. The highest BCUT2D eigenvalue weighted by Crippen LogP contribution is 2.15. The standard InChI is InChI=1S/C21H19ClN4O5S/c1-24-11-15(19(29)25(2)21(24)30)7-8-18(28)31-13-17(27)23-20-26(9-10-32-20)12-14-5-3-4-6-16(14)22/h3-11H,12-13H2,1-2H3/b8-7+,23-20?. The molecule has 3 rings (SSSR count). The number of ether oxygens (including phenoxy) is 1. The highest BCUT2D eigenvalue weighted by atomic mass is 35.5. The Hall–Kier alpha value is -3.50. The van der Waals surface area contributed by atoms with E-state index in [2.05, 4.69) is 4.99 Å². The molecular formula is C21H19ClN4O5S. The normalized spacial score (nSPS) is 11.8. The summed E-state index contributed by atoms with van der Waals surface area (Å²) in [6, 6.07) is 7.36. The largest absolute Gasteiger partial charge is 0.452 e. The monoisotopic (exact) mass is 474 g/mol. The molecule has 3 aromatic rings. The van der Waals surface area contributed by atoms with E-state index in [9.17, 15) is 19.2 Å². The number of nitrogens with zero attached hydrogens (tertiary/aromatic N) is 4. The Morgan fingerprint density at radius 2 is 1.97 bits per heavy atom. The van der Waals surface area contributed by atoms with Crippen LogP contribution in [-0.2, 0) is 35.0 Å². The van der Waals surface area contributed by atoms with Crippen LogP contribution in [0.4, 0.5) is 0 Å². The van der Waals surface area contributed by atoms with Crippen molar-refractivity contribution >= 4 is 40.9 Å². The lowest BCUT2D eigenvalue weighted by molar-refractivity contribution is -0.142. The van der Waals surface area contributed by atoms with Gasteiger partial charge in [-0.05, 0) is 17.7 Å². The summed E-state index contributed by atoms with van der Waals surface area (Å²) in [5, 5.41) is 2.39. The summed E-state index contributed by atoms with van der Waals surface area (Å²) in [7, 11) is 2.82. The number of aryl methyl sites for hydroxylation is 1. The van der Waals surface area contributed by atoms with Gasteiger partial charge in [0.25, 0.3) is 11.5 Å². The number of esters is 1. The molecule has 0 aliphatic rings. The van der Waals surface area contributed by atoms with E-state index >= 15 is 0 Å². The molecular weight excluding hydrogens is 456 g/mol. The fourth-order valence-electron chi connectivity index (χ4n) is 2.75. The van der Waals surface area contributed by atoms with Gasteiger partial charge >= 0.3 is 11.7 Å². The lowest BCUT2D eigenvalue weighted by atomic mass is 10.2. The predicted molar refractivity (Wildman–Crippen MR) is 120 cm³/mol. The molecule has 0 aliphatic heterocycles. The average Bonchev–Trinajstić information content (AvgIpc) is 3.20. The molecule has 0 saturated heterocycles. The molecule has 0 saturated carbocycles. The summed E-state index contributed by atoms with van der Waals surface area (Å²) in [6.45, 7) is -0.120. The van der Waals surface area contributed by atoms with Crippen LogP contribution in [0.1, 0.15) is 11.1 Å². The van der Waals surface area contributed by atoms with Crippen LogP contribution < -0.4 is 16.1 Å². The van der Waals surface area contributed by atoms with Crippen LogP contribution in [-0.4, -0.2) is 32.2 Å². The Morgan fingerprint density at radius 3 is 2.72 bits per heavy atom. The van der Waals surface area contributed by atoms with Gasteiger partial charge in [-0.2, -0.15) is 4.99 Å². The van der Waals surface area contributed by atoms with E-state index in [1.807, 2.05) is 18.2 Å². The Labute approximate surface area is 191 Å². The zero-order valence-corrected chi connectivity index (χ0v) is 18.8. The SMILES string of the molecule is Cn1cc(/C=C/C(=O)OCC(=O)N=c2sccn2Cc2ccccc2Cl)c(=O)n(C)c1=O. The van der Waals surface area contributed by atoms with Crippen molar-refractivity contribution in [3.05, 3.63) is 89.9 Å². The quantitative estimate of drug-likeness (QED) is 0.396. The van der Waals surface area contributed by atoms with Gasteiger partial charge < -0.3 is 13.9 Å². The minimum Gasteiger partial charge on any atom is -0.452 e. The second kappa shape index (κ2) is 10.2. The Kier molecular flexibility index (Phi) is 7.39. The highest BCUT2D eigenvalue weighted by Gasteiger charge is 2.08. The van der Waals surface area contributed by atoms with Crippen LogP contribution in [0.5, 0.6) is 0 Å². The van der Waals surface area contributed by atoms with Crippen LogP contribution in [0.3, 0.4) is 0 Å². The van der Waals surface area contributed by atoms with Crippen LogP contribution in [0, 0.1) is 0 Å². The number of hydrogen-bond acceptors (Lipinski definition) is 6. The van der Waals surface area contributed by atoms with Crippen LogP contribution in [0.25, 0.3) is 6.08 Å². The molecule has 0 N–H and O–H groups in total. The minimum absolute atomic E-state index is 0.127. The van der Waals surface area contributed by atoms with E-state index in [0.29, 0.717) is 16.4 Å². The van der Waals surface area contributed by atoms with Crippen molar-refractivity contribution in [2.45, 2.75) is 6.54 Å². The number of carbonyl (C=O) groups excluding carboxylic acids is 2. The first-order valence-corrected chi connectivity index (χ1v) is 10.6. The molecule has 0 radical (unpaired) electrons. The van der Waals surface area contributed by atoms with Gasteiger partial charge in [0, 0.05) is 43.0 Å². The number of benzene rings is 1. The van der Waals surface area contributed by atoms with Gasteiger partial charge in [0.15, 0.2) is 11.4 Å². The van der Waals surface area contributed by atoms with Gasteiger partial charge in [-0.3, -0.25) is 14.2 Å². The highest BCUT2D eigenvalue weighted by molar-refractivity contribution is 7.07. The van der Waals surface area contributed by atoms with Crippen molar-refractivity contribution in [3.63, 3.8) is 0 Å². The zero-order chi connectivity index (χ0) is 23.3. The topological polar surface area (TPSA) is 105 Å². The number of carbonyl (C=O) groups is 2. The molecule has 2 aromatic heterocycles. The van der Waals surface area contributed by atoms with Crippen molar-refractivity contribution in [3.8, 4) is 0 Å². The van der Waals surface area contributed by atoms with Crippen LogP contribution in [0.2, 0.25) is 5.02 Å². The zero-order valence-electron chi connectivity index (χ0n) is 17.2. The van der Waals surface area contributed by atoms with Crippen molar-refractivity contribution in [1.29, 1.82) is 0 Å². The van der Waals surface area contributed by atoms with Crippen LogP contribution >= 0.6 is 22.9 Å². The molecule has 0 atom stereocenters. The van der Waals surface area contributed by atoms with Gasteiger partial charge in [-0.15, -0.1) is 11.3 Å². The summed E-state index contributed by atoms with van der Waals surface area (Å²) >= 11 is 7.45. The summed E-state index contributed by atoms with van der Waals surface area (Å²) in [5.74, 6) is -1.46. The molecule has 0 bridgehead atoms. The van der Waals surface area contributed by atoms with E-state index < -0.39 is 29.7 Å². The molecule has 1 amide bonds. The number of thiazole rings is 1. The first-order chi connectivity index (χ1) is 15.3. The molecule has 9 nitrogen and oxygen atoms in total. The Morgan fingerprint density at radius 1 is 1.22 bits per heavy atom. The van der Waals surface area contributed by atoms with Gasteiger partial charge in [0.1, 0.15) is 0 Å². The molecule has 166 valence electrons. The number of halogens is 1. The van der Waals surface area contributed by atoms with Crippen LogP contribution in [0.15, 0.2) is 62.7 Å². The molecule has 11 heteroatoms. The second-order valence-electron chi connectivity index (χ2n) is 6.69. The van der Waals surface area contributed by atoms with E-state index in [1.54, 1.807) is 22.2 Å². The molecule has 0 spiro atoms. The van der Waals surface area contributed by atoms with Gasteiger partial charge in [0.05, 0.1) is 12.1 Å². The number of rotatable bonds is 6. The van der Waals surface area contributed by atoms with Crippen molar-refractivity contribution in [2.24, 2.45) is 19.1 Å². The summed E-state index contributed by atoms with van der Waals surface area (Å²) in [4.78, 5) is 52.2. The number of hydrogen-bond donors (Lipinski definition) is 0.